The third-order valence-corrected chi connectivity index (χ3v) is 6.99. The van der Waals surface area contributed by atoms with Gasteiger partial charge >= 0.3 is 11.9 Å². The van der Waals surface area contributed by atoms with Crippen LogP contribution in [0.5, 0.6) is 0 Å². The molecule has 0 spiro atoms. The van der Waals surface area contributed by atoms with E-state index in [1.165, 1.54) is 57.8 Å². The summed E-state index contributed by atoms with van der Waals surface area (Å²) >= 11 is 0. The van der Waals surface area contributed by atoms with Gasteiger partial charge in [0.2, 0.25) is 0 Å². The van der Waals surface area contributed by atoms with E-state index in [0.29, 0.717) is 19.1 Å². The lowest BCUT2D eigenvalue weighted by atomic mass is 9.79. The third kappa shape index (κ3) is 12.8. The van der Waals surface area contributed by atoms with Crippen molar-refractivity contribution < 1.29 is 19.1 Å². The molecule has 1 aliphatic rings. The molecule has 0 heterocycles. The zero-order valence-electron chi connectivity index (χ0n) is 21.5. The molecule has 0 aliphatic heterocycles. The molecule has 0 bridgehead atoms. The number of carbonyl (C=O) groups excluding carboxylic acids is 2. The van der Waals surface area contributed by atoms with E-state index in [1.807, 2.05) is 0 Å². The van der Waals surface area contributed by atoms with Gasteiger partial charge in [-0.25, -0.2) is 0 Å². The maximum absolute atomic E-state index is 12.8. The molecule has 0 N–H and O–H groups in total. The molecule has 1 saturated carbocycles. The number of rotatable bonds is 19. The Morgan fingerprint density at radius 3 is 1.78 bits per heavy atom. The second kappa shape index (κ2) is 19.4. The lowest BCUT2D eigenvalue weighted by Gasteiger charge is -2.29. The van der Waals surface area contributed by atoms with Crippen molar-refractivity contribution >= 4 is 11.9 Å². The Kier molecular flexibility index (Phi) is 17.6. The summed E-state index contributed by atoms with van der Waals surface area (Å²) in [5.41, 5.74) is 0. The predicted molar refractivity (Wildman–Crippen MR) is 133 cm³/mol. The van der Waals surface area contributed by atoms with Gasteiger partial charge < -0.3 is 9.47 Å². The number of hydrogen-bond donors (Lipinski definition) is 0. The number of esters is 2. The zero-order chi connectivity index (χ0) is 23.4. The molecule has 3 atom stereocenters. The van der Waals surface area contributed by atoms with Gasteiger partial charge in [0.15, 0.2) is 0 Å². The average molecular weight is 453 g/mol. The van der Waals surface area contributed by atoms with Crippen molar-refractivity contribution in [2.75, 3.05) is 13.2 Å². The molecule has 0 aromatic carbocycles. The fourth-order valence-corrected chi connectivity index (χ4v) is 4.92. The quantitative estimate of drug-likeness (QED) is 0.147. The number of hydrogen-bond acceptors (Lipinski definition) is 4. The zero-order valence-corrected chi connectivity index (χ0v) is 21.5. The van der Waals surface area contributed by atoms with Gasteiger partial charge in [0, 0.05) is 0 Å². The summed E-state index contributed by atoms with van der Waals surface area (Å²) in [7, 11) is 0. The second-order valence-electron chi connectivity index (χ2n) is 9.92. The molecule has 0 aromatic rings. The molecule has 1 fully saturated rings. The van der Waals surface area contributed by atoms with Crippen LogP contribution in [0.2, 0.25) is 0 Å². The van der Waals surface area contributed by atoms with Crippen LogP contribution in [-0.2, 0) is 19.1 Å². The Bertz CT molecular complexity index is 476. The van der Waals surface area contributed by atoms with Gasteiger partial charge in [-0.1, -0.05) is 104 Å². The minimum absolute atomic E-state index is 0.171. The van der Waals surface area contributed by atoms with Crippen LogP contribution in [-0.4, -0.2) is 25.2 Å². The van der Waals surface area contributed by atoms with Gasteiger partial charge in [-0.3, -0.25) is 9.59 Å². The van der Waals surface area contributed by atoms with Crippen molar-refractivity contribution in [3.8, 4) is 0 Å². The number of unbranched alkanes of at least 4 members (excludes halogenated alkanes) is 9. The highest BCUT2D eigenvalue weighted by atomic mass is 16.5. The molecular formula is C28H52O4. The van der Waals surface area contributed by atoms with Gasteiger partial charge in [0.1, 0.15) is 0 Å². The van der Waals surface area contributed by atoms with Crippen LogP contribution in [0.3, 0.4) is 0 Å². The summed E-state index contributed by atoms with van der Waals surface area (Å²) in [4.78, 5) is 25.5. The SMILES string of the molecule is CCCCCCCCCCOC(=O)C1CCCCC1C(=O)OCC(CCC)CCCCC. The van der Waals surface area contributed by atoms with E-state index >= 15 is 0 Å². The van der Waals surface area contributed by atoms with Gasteiger partial charge in [0.25, 0.3) is 0 Å². The van der Waals surface area contributed by atoms with Crippen molar-refractivity contribution in [3.63, 3.8) is 0 Å². The smallest absolute Gasteiger partial charge is 0.309 e. The Morgan fingerprint density at radius 1 is 0.656 bits per heavy atom. The van der Waals surface area contributed by atoms with Gasteiger partial charge in [-0.05, 0) is 38.0 Å². The molecule has 0 saturated heterocycles. The molecule has 3 unspecified atom stereocenters. The second-order valence-corrected chi connectivity index (χ2v) is 9.92. The Labute approximate surface area is 198 Å². The van der Waals surface area contributed by atoms with Crippen LogP contribution in [0.4, 0.5) is 0 Å². The third-order valence-electron chi connectivity index (χ3n) is 6.99. The first-order valence-electron chi connectivity index (χ1n) is 14.0. The normalized spacial score (nSPS) is 19.5. The van der Waals surface area contributed by atoms with Gasteiger partial charge in [-0.15, -0.1) is 0 Å². The van der Waals surface area contributed by atoms with Crippen LogP contribution in [0.15, 0.2) is 0 Å². The fourth-order valence-electron chi connectivity index (χ4n) is 4.92. The molecule has 1 rings (SSSR count). The highest BCUT2D eigenvalue weighted by Gasteiger charge is 2.38. The topological polar surface area (TPSA) is 52.6 Å². The molecule has 4 nitrogen and oxygen atoms in total. The molecule has 0 amide bonds. The lowest BCUT2D eigenvalue weighted by Crippen LogP contribution is -2.35. The first kappa shape index (κ1) is 29.0. The van der Waals surface area contributed by atoms with Crippen molar-refractivity contribution in [3.05, 3.63) is 0 Å². The van der Waals surface area contributed by atoms with Crippen LogP contribution < -0.4 is 0 Å². The van der Waals surface area contributed by atoms with Crippen molar-refractivity contribution in [1.82, 2.24) is 0 Å². The Hall–Kier alpha value is -1.06. The van der Waals surface area contributed by atoms with Crippen LogP contribution >= 0.6 is 0 Å². The van der Waals surface area contributed by atoms with E-state index in [0.717, 1.165) is 57.8 Å². The molecule has 32 heavy (non-hydrogen) atoms. The summed E-state index contributed by atoms with van der Waals surface area (Å²) in [5.74, 6) is -0.521. The van der Waals surface area contributed by atoms with Crippen LogP contribution in [0.25, 0.3) is 0 Å². The van der Waals surface area contributed by atoms with Crippen molar-refractivity contribution in [2.24, 2.45) is 17.8 Å². The first-order chi connectivity index (χ1) is 15.6. The van der Waals surface area contributed by atoms with E-state index in [2.05, 4.69) is 20.8 Å². The van der Waals surface area contributed by atoms with Gasteiger partial charge in [-0.2, -0.15) is 0 Å². The van der Waals surface area contributed by atoms with Crippen molar-refractivity contribution in [1.29, 1.82) is 0 Å². The average Bonchev–Trinajstić information content (AvgIpc) is 2.81. The maximum atomic E-state index is 12.8. The predicted octanol–water partition coefficient (Wildman–Crippen LogP) is 8.02. The highest BCUT2D eigenvalue weighted by Crippen LogP contribution is 2.32. The monoisotopic (exact) mass is 452 g/mol. The van der Waals surface area contributed by atoms with Crippen LogP contribution in [0, 0.1) is 17.8 Å². The van der Waals surface area contributed by atoms with E-state index in [1.54, 1.807) is 0 Å². The molecule has 1 aliphatic carbocycles. The largest absolute Gasteiger partial charge is 0.465 e. The first-order valence-corrected chi connectivity index (χ1v) is 14.0. The van der Waals surface area contributed by atoms with E-state index in [9.17, 15) is 9.59 Å². The summed E-state index contributed by atoms with van der Waals surface area (Å²) in [5, 5.41) is 0. The minimum Gasteiger partial charge on any atom is -0.465 e. The van der Waals surface area contributed by atoms with Crippen molar-refractivity contribution in [2.45, 2.75) is 136 Å². The Morgan fingerprint density at radius 2 is 1.19 bits per heavy atom. The fraction of sp³-hybridized carbons (Fsp3) is 0.929. The van der Waals surface area contributed by atoms with E-state index in [4.69, 9.17) is 9.47 Å². The molecule has 4 heteroatoms. The highest BCUT2D eigenvalue weighted by molar-refractivity contribution is 5.82. The molecule has 0 radical (unpaired) electrons. The minimum atomic E-state index is -0.312. The number of carbonyl (C=O) groups is 2. The summed E-state index contributed by atoms with van der Waals surface area (Å²) < 4.78 is 11.3. The number of ether oxygens (including phenoxy) is 2. The maximum Gasteiger partial charge on any atom is 0.309 e. The lowest BCUT2D eigenvalue weighted by molar-refractivity contribution is -0.163. The summed E-state index contributed by atoms with van der Waals surface area (Å²) in [6.45, 7) is 7.64. The summed E-state index contributed by atoms with van der Waals surface area (Å²) in [6, 6.07) is 0. The standard InChI is InChI=1S/C28H52O4/c1-4-7-9-10-11-12-13-17-22-31-27(29)25-20-15-16-21-26(25)28(30)32-23-24(18-6-3)19-14-8-5-2/h24-26H,4-23H2,1-3H3. The van der Waals surface area contributed by atoms with Crippen LogP contribution in [0.1, 0.15) is 136 Å². The summed E-state index contributed by atoms with van der Waals surface area (Å²) in [6.07, 6.45) is 20.3. The van der Waals surface area contributed by atoms with E-state index < -0.39 is 0 Å². The molecule has 188 valence electrons. The van der Waals surface area contributed by atoms with E-state index in [-0.39, 0.29) is 23.8 Å². The van der Waals surface area contributed by atoms with Gasteiger partial charge in [0.05, 0.1) is 25.0 Å². The Balaban J connectivity index is 2.34. The molecular weight excluding hydrogens is 400 g/mol. The molecule has 0 aromatic heterocycles.